The highest BCUT2D eigenvalue weighted by molar-refractivity contribution is 7.91. The van der Waals surface area contributed by atoms with Crippen LogP contribution in [0.2, 0.25) is 0 Å². The van der Waals surface area contributed by atoms with Crippen LogP contribution in [0.4, 0.5) is 0 Å². The quantitative estimate of drug-likeness (QED) is 0.800. The molecule has 0 saturated carbocycles. The normalized spacial score (nSPS) is 11.4. The Hall–Kier alpha value is -1.71. The minimum absolute atomic E-state index is 0.149. The van der Waals surface area contributed by atoms with E-state index in [-0.39, 0.29) is 16.4 Å². The highest BCUT2D eigenvalue weighted by Crippen LogP contribution is 2.20. The molecule has 0 amide bonds. The van der Waals surface area contributed by atoms with Crippen molar-refractivity contribution in [2.24, 2.45) is 0 Å². The van der Waals surface area contributed by atoms with E-state index in [1.807, 2.05) is 0 Å². The lowest BCUT2D eigenvalue weighted by Crippen LogP contribution is -2.26. The predicted octanol–water partition coefficient (Wildman–Crippen LogP) is 1.04. The van der Waals surface area contributed by atoms with Gasteiger partial charge in [-0.25, -0.2) is 22.9 Å². The van der Waals surface area contributed by atoms with Crippen LogP contribution in [0.15, 0.2) is 32.5 Å². The zero-order valence-corrected chi connectivity index (χ0v) is 12.2. The minimum Gasteiger partial charge on any atom is -0.469 e. The van der Waals surface area contributed by atoms with Crippen LogP contribution in [0, 0.1) is 0 Å². The summed E-state index contributed by atoms with van der Waals surface area (Å²) in [6, 6.07) is 3.48. The molecule has 0 fully saturated rings. The van der Waals surface area contributed by atoms with E-state index in [9.17, 15) is 13.2 Å². The number of carbonyl (C=O) groups is 1. The molecule has 2 aromatic heterocycles. The summed E-state index contributed by atoms with van der Waals surface area (Å²) >= 11 is 0.862. The molecule has 0 bridgehead atoms. The van der Waals surface area contributed by atoms with Gasteiger partial charge in [0.1, 0.15) is 5.76 Å². The largest absolute Gasteiger partial charge is 0.469 e. The summed E-state index contributed by atoms with van der Waals surface area (Å²) in [4.78, 5) is 15.1. The van der Waals surface area contributed by atoms with Gasteiger partial charge in [-0.2, -0.15) is 0 Å². The molecule has 20 heavy (non-hydrogen) atoms. The number of aromatic nitrogens is 1. The van der Waals surface area contributed by atoms with Crippen molar-refractivity contribution in [3.8, 4) is 0 Å². The maximum Gasteiger partial charge on any atom is 0.358 e. The van der Waals surface area contributed by atoms with Gasteiger partial charge in [0.25, 0.3) is 10.0 Å². The molecule has 2 heterocycles. The molecule has 2 aromatic rings. The van der Waals surface area contributed by atoms with Crippen LogP contribution >= 0.6 is 11.3 Å². The van der Waals surface area contributed by atoms with Gasteiger partial charge in [0, 0.05) is 13.0 Å². The van der Waals surface area contributed by atoms with Crippen molar-refractivity contribution >= 4 is 27.3 Å². The van der Waals surface area contributed by atoms with Gasteiger partial charge in [-0.15, -0.1) is 11.3 Å². The van der Waals surface area contributed by atoms with E-state index >= 15 is 0 Å². The smallest absolute Gasteiger partial charge is 0.358 e. The maximum atomic E-state index is 12.1. The Kier molecular flexibility index (Phi) is 4.53. The molecule has 1 N–H and O–H groups in total. The van der Waals surface area contributed by atoms with E-state index in [0.29, 0.717) is 12.2 Å². The van der Waals surface area contributed by atoms with Crippen molar-refractivity contribution in [1.29, 1.82) is 0 Å². The first kappa shape index (κ1) is 14.7. The molecule has 0 aliphatic carbocycles. The van der Waals surface area contributed by atoms with Crippen molar-refractivity contribution in [2.45, 2.75) is 10.6 Å². The lowest BCUT2D eigenvalue weighted by atomic mass is 10.3. The number of carbonyl (C=O) groups excluding carboxylic acids is 1. The minimum atomic E-state index is -3.79. The first-order valence-corrected chi connectivity index (χ1v) is 7.94. The molecule has 0 saturated heterocycles. The molecule has 0 radical (unpaired) electrons. The van der Waals surface area contributed by atoms with Gasteiger partial charge in [0.05, 0.1) is 18.9 Å². The number of nitrogens with zero attached hydrogens (tertiary/aromatic N) is 1. The fraction of sp³-hybridized carbons (Fsp3) is 0.273. The van der Waals surface area contributed by atoms with Crippen molar-refractivity contribution in [3.05, 3.63) is 35.4 Å². The van der Waals surface area contributed by atoms with Gasteiger partial charge in [-0.1, -0.05) is 0 Å². The third-order valence-corrected chi connectivity index (χ3v) is 5.23. The second-order valence-corrected chi connectivity index (χ2v) is 6.52. The number of methoxy groups -OCH3 is 1. The third kappa shape index (κ3) is 3.24. The molecule has 9 heteroatoms. The number of furan rings is 1. The lowest BCUT2D eigenvalue weighted by Gasteiger charge is -2.05. The van der Waals surface area contributed by atoms with Crippen LogP contribution < -0.4 is 4.72 Å². The summed E-state index contributed by atoms with van der Waals surface area (Å²) in [6.45, 7) is 0.161. The first-order valence-electron chi connectivity index (χ1n) is 5.58. The Bertz CT molecular complexity index is 675. The number of ether oxygens (including phenoxy) is 1. The number of rotatable bonds is 6. The lowest BCUT2D eigenvalue weighted by molar-refractivity contribution is 0.0590. The van der Waals surface area contributed by atoms with Crippen LogP contribution in [0.3, 0.4) is 0 Å². The first-order chi connectivity index (χ1) is 9.54. The molecular formula is C11H12N2O5S2. The van der Waals surface area contributed by atoms with E-state index in [1.165, 1.54) is 18.9 Å². The maximum absolute atomic E-state index is 12.1. The number of sulfonamides is 1. The second-order valence-electron chi connectivity index (χ2n) is 3.71. The Labute approximate surface area is 119 Å². The number of esters is 1. The van der Waals surface area contributed by atoms with Crippen LogP contribution in [0.1, 0.15) is 16.2 Å². The monoisotopic (exact) mass is 316 g/mol. The van der Waals surface area contributed by atoms with Gasteiger partial charge in [0.2, 0.25) is 0 Å². The van der Waals surface area contributed by atoms with Crippen LogP contribution in [-0.2, 0) is 21.2 Å². The summed E-state index contributed by atoms with van der Waals surface area (Å²) in [6.07, 6.45) is 1.93. The molecule has 0 aliphatic heterocycles. The molecule has 2 rings (SSSR count). The highest BCUT2D eigenvalue weighted by Gasteiger charge is 2.26. The van der Waals surface area contributed by atoms with Gasteiger partial charge < -0.3 is 9.15 Å². The zero-order chi connectivity index (χ0) is 14.6. The third-order valence-electron chi connectivity index (χ3n) is 2.40. The summed E-state index contributed by atoms with van der Waals surface area (Å²) in [7, 11) is -2.62. The second kappa shape index (κ2) is 6.16. The summed E-state index contributed by atoms with van der Waals surface area (Å²) in [5.74, 6) is -0.108. The molecular weight excluding hydrogens is 304 g/mol. The van der Waals surface area contributed by atoms with Gasteiger partial charge in [-0.3, -0.25) is 0 Å². The van der Waals surface area contributed by atoms with E-state index in [0.717, 1.165) is 11.3 Å². The Morgan fingerprint density at radius 3 is 3.00 bits per heavy atom. The molecule has 108 valence electrons. The van der Waals surface area contributed by atoms with Crippen LogP contribution in [0.5, 0.6) is 0 Å². The fourth-order valence-electron chi connectivity index (χ4n) is 1.49. The Morgan fingerprint density at radius 2 is 2.35 bits per heavy atom. The summed E-state index contributed by atoms with van der Waals surface area (Å²) in [5, 5.41) is 0. The van der Waals surface area contributed by atoms with Crippen molar-refractivity contribution < 1.29 is 22.4 Å². The molecule has 0 spiro atoms. The van der Waals surface area contributed by atoms with E-state index in [1.54, 1.807) is 12.1 Å². The van der Waals surface area contributed by atoms with E-state index in [4.69, 9.17) is 4.42 Å². The molecule has 0 unspecified atom stereocenters. The van der Waals surface area contributed by atoms with Gasteiger partial charge in [-0.05, 0) is 12.1 Å². The Balaban J connectivity index is 2.07. The van der Waals surface area contributed by atoms with Gasteiger partial charge in [0.15, 0.2) is 9.90 Å². The SMILES string of the molecule is COC(=O)c1ncsc1S(=O)(=O)NCCc1ccco1. The number of hydrogen-bond acceptors (Lipinski definition) is 7. The standard InChI is InChI=1S/C11H12N2O5S2/c1-17-10(14)9-11(19-7-12-9)20(15,16)13-5-4-8-3-2-6-18-8/h2-3,6-7,13H,4-5H2,1H3. The van der Waals surface area contributed by atoms with Crippen molar-refractivity contribution in [3.63, 3.8) is 0 Å². The number of thiazole rings is 1. The van der Waals surface area contributed by atoms with E-state index < -0.39 is 16.0 Å². The number of nitrogens with one attached hydrogen (secondary N) is 1. The van der Waals surface area contributed by atoms with Crippen LogP contribution in [0.25, 0.3) is 0 Å². The van der Waals surface area contributed by atoms with E-state index in [2.05, 4.69) is 14.4 Å². The van der Waals surface area contributed by atoms with Crippen LogP contribution in [-0.4, -0.2) is 33.0 Å². The molecule has 0 atom stereocenters. The molecule has 0 aliphatic rings. The average Bonchev–Trinajstić information content (AvgIpc) is 3.08. The summed E-state index contributed by atoms with van der Waals surface area (Å²) < 4.78 is 36.0. The number of hydrogen-bond donors (Lipinski definition) is 1. The van der Waals surface area contributed by atoms with Crippen molar-refractivity contribution in [2.75, 3.05) is 13.7 Å². The molecule has 0 aromatic carbocycles. The topological polar surface area (TPSA) is 98.5 Å². The highest BCUT2D eigenvalue weighted by atomic mass is 32.2. The predicted molar refractivity (Wildman–Crippen MR) is 71.1 cm³/mol. The molecule has 7 nitrogen and oxygen atoms in total. The zero-order valence-electron chi connectivity index (χ0n) is 10.5. The van der Waals surface area contributed by atoms with Gasteiger partial charge >= 0.3 is 5.97 Å². The summed E-state index contributed by atoms with van der Waals surface area (Å²) in [5.41, 5.74) is 1.08. The fourth-order valence-corrected chi connectivity index (χ4v) is 3.69. The average molecular weight is 316 g/mol. The Morgan fingerprint density at radius 1 is 1.55 bits per heavy atom. The van der Waals surface area contributed by atoms with Crippen molar-refractivity contribution in [1.82, 2.24) is 9.71 Å².